The molecular weight excluding hydrogens is 202 g/mol. The van der Waals surface area contributed by atoms with E-state index in [9.17, 15) is 0 Å². The molecule has 16 heavy (non-hydrogen) atoms. The van der Waals surface area contributed by atoms with E-state index in [1.807, 2.05) is 13.0 Å². The Kier molecular flexibility index (Phi) is 3.56. The van der Waals surface area contributed by atoms with Crippen molar-refractivity contribution in [1.29, 1.82) is 0 Å². The van der Waals surface area contributed by atoms with Crippen LogP contribution in [0.5, 0.6) is 0 Å². The number of nitrogens with one attached hydrogen (secondary N) is 1. The highest BCUT2D eigenvalue weighted by atomic mass is 15.2. The summed E-state index contributed by atoms with van der Waals surface area (Å²) in [4.78, 5) is 11.1. The lowest BCUT2D eigenvalue weighted by molar-refractivity contribution is 0.905. The summed E-state index contributed by atoms with van der Waals surface area (Å²) in [5.74, 6) is 2.72. The largest absolute Gasteiger partial charge is 0.369 e. The Hall–Kier alpha value is -1.36. The van der Waals surface area contributed by atoms with Crippen LogP contribution in [0, 0.1) is 6.92 Å². The first-order valence-corrected chi connectivity index (χ1v) is 5.84. The third-order valence-corrected chi connectivity index (χ3v) is 2.70. The number of rotatable bonds is 4. The summed E-state index contributed by atoms with van der Waals surface area (Å²) < 4.78 is 0. The average Bonchev–Trinajstić information content (AvgIpc) is 2.79. The number of aromatic nitrogens is 2. The van der Waals surface area contributed by atoms with Crippen molar-refractivity contribution in [3.05, 3.63) is 11.9 Å². The molecule has 0 radical (unpaired) electrons. The van der Waals surface area contributed by atoms with E-state index in [0.717, 1.165) is 37.1 Å². The lowest BCUT2D eigenvalue weighted by Gasteiger charge is -2.17. The fraction of sp³-hybridized carbons (Fsp3) is 0.636. The summed E-state index contributed by atoms with van der Waals surface area (Å²) in [5.41, 5.74) is 5.46. The Morgan fingerprint density at radius 1 is 1.38 bits per heavy atom. The van der Waals surface area contributed by atoms with Gasteiger partial charge in [0.15, 0.2) is 0 Å². The van der Waals surface area contributed by atoms with Crippen LogP contribution in [0.4, 0.5) is 11.6 Å². The van der Waals surface area contributed by atoms with Crippen LogP contribution in [0.25, 0.3) is 0 Å². The van der Waals surface area contributed by atoms with Gasteiger partial charge in [0.1, 0.15) is 17.5 Å². The predicted octanol–water partition coefficient (Wildman–Crippen LogP) is 0.756. The summed E-state index contributed by atoms with van der Waals surface area (Å²) in [7, 11) is 0. The highest BCUT2D eigenvalue weighted by Gasteiger charge is 2.14. The van der Waals surface area contributed by atoms with Crippen LogP contribution in [-0.4, -0.2) is 36.1 Å². The Balaban J connectivity index is 2.14. The van der Waals surface area contributed by atoms with Gasteiger partial charge in [-0.2, -0.15) is 0 Å². The molecule has 0 aromatic carbocycles. The van der Waals surface area contributed by atoms with Crippen molar-refractivity contribution in [2.24, 2.45) is 5.73 Å². The van der Waals surface area contributed by atoms with Gasteiger partial charge >= 0.3 is 0 Å². The maximum absolute atomic E-state index is 5.46. The first-order valence-electron chi connectivity index (χ1n) is 5.84. The molecule has 1 aromatic heterocycles. The zero-order valence-electron chi connectivity index (χ0n) is 9.74. The quantitative estimate of drug-likeness (QED) is 0.785. The number of anilines is 2. The molecule has 5 nitrogen and oxygen atoms in total. The average molecular weight is 221 g/mol. The zero-order chi connectivity index (χ0) is 11.4. The highest BCUT2D eigenvalue weighted by molar-refractivity contribution is 5.49. The monoisotopic (exact) mass is 221 g/mol. The van der Waals surface area contributed by atoms with Crippen LogP contribution in [0.1, 0.15) is 18.7 Å². The molecule has 0 amide bonds. The molecule has 0 spiro atoms. The van der Waals surface area contributed by atoms with E-state index in [4.69, 9.17) is 5.73 Å². The normalized spacial score (nSPS) is 15.5. The molecule has 1 saturated heterocycles. The molecule has 0 atom stereocenters. The third kappa shape index (κ3) is 2.61. The van der Waals surface area contributed by atoms with E-state index in [0.29, 0.717) is 6.54 Å². The van der Waals surface area contributed by atoms with Gasteiger partial charge in [0, 0.05) is 32.2 Å². The van der Waals surface area contributed by atoms with E-state index in [1.165, 1.54) is 12.8 Å². The van der Waals surface area contributed by atoms with Gasteiger partial charge in [-0.15, -0.1) is 0 Å². The van der Waals surface area contributed by atoms with E-state index in [1.54, 1.807) is 0 Å². The van der Waals surface area contributed by atoms with Gasteiger partial charge < -0.3 is 16.0 Å². The molecule has 1 aliphatic heterocycles. The minimum absolute atomic E-state index is 0.613. The fourth-order valence-electron chi connectivity index (χ4n) is 1.95. The lowest BCUT2D eigenvalue weighted by Crippen LogP contribution is -2.20. The predicted molar refractivity (Wildman–Crippen MR) is 65.8 cm³/mol. The summed E-state index contributed by atoms with van der Waals surface area (Å²) in [5, 5.41) is 3.20. The number of aryl methyl sites for hydroxylation is 1. The Morgan fingerprint density at radius 2 is 2.12 bits per heavy atom. The van der Waals surface area contributed by atoms with Crippen molar-refractivity contribution >= 4 is 11.6 Å². The van der Waals surface area contributed by atoms with Gasteiger partial charge in [-0.3, -0.25) is 0 Å². The van der Waals surface area contributed by atoms with Gasteiger partial charge in [-0.05, 0) is 19.8 Å². The lowest BCUT2D eigenvalue weighted by atomic mass is 10.4. The van der Waals surface area contributed by atoms with Crippen molar-refractivity contribution in [2.45, 2.75) is 19.8 Å². The second-order valence-electron chi connectivity index (χ2n) is 4.07. The van der Waals surface area contributed by atoms with Gasteiger partial charge in [0.25, 0.3) is 0 Å². The standard InChI is InChI=1S/C11H19N5/c1-9-14-10(13-5-4-12)8-11(15-9)16-6-2-3-7-16/h8H,2-7,12H2,1H3,(H,13,14,15). The number of hydrogen-bond acceptors (Lipinski definition) is 5. The van der Waals surface area contributed by atoms with E-state index >= 15 is 0 Å². The van der Waals surface area contributed by atoms with Gasteiger partial charge in [-0.1, -0.05) is 0 Å². The van der Waals surface area contributed by atoms with Crippen LogP contribution < -0.4 is 16.0 Å². The molecule has 88 valence electrons. The number of nitrogens with zero attached hydrogens (tertiary/aromatic N) is 3. The molecule has 1 fully saturated rings. The maximum atomic E-state index is 5.46. The van der Waals surface area contributed by atoms with Crippen molar-refractivity contribution in [1.82, 2.24) is 9.97 Å². The number of hydrogen-bond donors (Lipinski definition) is 2. The molecule has 1 aliphatic rings. The van der Waals surface area contributed by atoms with Crippen molar-refractivity contribution in [2.75, 3.05) is 36.4 Å². The molecule has 2 rings (SSSR count). The molecule has 5 heteroatoms. The van der Waals surface area contributed by atoms with Gasteiger partial charge in [-0.25, -0.2) is 9.97 Å². The number of nitrogens with two attached hydrogens (primary N) is 1. The minimum atomic E-state index is 0.613. The summed E-state index contributed by atoms with van der Waals surface area (Å²) in [6.45, 7) is 5.49. The molecule has 0 aliphatic carbocycles. The Labute approximate surface area is 96.1 Å². The molecule has 0 unspecified atom stereocenters. The molecule has 0 saturated carbocycles. The first kappa shape index (κ1) is 11.1. The minimum Gasteiger partial charge on any atom is -0.369 e. The molecule has 3 N–H and O–H groups in total. The van der Waals surface area contributed by atoms with E-state index in [2.05, 4.69) is 20.2 Å². The van der Waals surface area contributed by atoms with Crippen molar-refractivity contribution in [3.8, 4) is 0 Å². The summed E-state index contributed by atoms with van der Waals surface area (Å²) in [6, 6.07) is 2.01. The highest BCUT2D eigenvalue weighted by Crippen LogP contribution is 2.20. The zero-order valence-corrected chi connectivity index (χ0v) is 9.74. The van der Waals surface area contributed by atoms with Crippen LogP contribution in [-0.2, 0) is 0 Å². The van der Waals surface area contributed by atoms with E-state index < -0.39 is 0 Å². The second-order valence-corrected chi connectivity index (χ2v) is 4.07. The molecule has 1 aromatic rings. The van der Waals surface area contributed by atoms with Gasteiger partial charge in [0.05, 0.1) is 0 Å². The van der Waals surface area contributed by atoms with Crippen LogP contribution in [0.3, 0.4) is 0 Å². The smallest absolute Gasteiger partial charge is 0.134 e. The Bertz CT molecular complexity index is 346. The SMILES string of the molecule is Cc1nc(NCCN)cc(N2CCCC2)n1. The fourth-order valence-corrected chi connectivity index (χ4v) is 1.95. The molecular formula is C11H19N5. The second kappa shape index (κ2) is 5.12. The van der Waals surface area contributed by atoms with Crippen molar-refractivity contribution in [3.63, 3.8) is 0 Å². The van der Waals surface area contributed by atoms with Crippen molar-refractivity contribution < 1.29 is 0 Å². The first-order chi connectivity index (χ1) is 7.79. The Morgan fingerprint density at radius 3 is 2.81 bits per heavy atom. The molecule has 2 heterocycles. The third-order valence-electron chi connectivity index (χ3n) is 2.70. The summed E-state index contributed by atoms with van der Waals surface area (Å²) in [6.07, 6.45) is 2.52. The maximum Gasteiger partial charge on any atom is 0.134 e. The van der Waals surface area contributed by atoms with Crippen LogP contribution in [0.2, 0.25) is 0 Å². The topological polar surface area (TPSA) is 67.1 Å². The van der Waals surface area contributed by atoms with Gasteiger partial charge in [0.2, 0.25) is 0 Å². The van der Waals surface area contributed by atoms with Crippen LogP contribution in [0.15, 0.2) is 6.07 Å². The van der Waals surface area contributed by atoms with Crippen LogP contribution >= 0.6 is 0 Å². The summed E-state index contributed by atoms with van der Waals surface area (Å²) >= 11 is 0. The van der Waals surface area contributed by atoms with E-state index in [-0.39, 0.29) is 0 Å². The molecule has 0 bridgehead atoms.